The van der Waals surface area contributed by atoms with Crippen LogP contribution in [0, 0.1) is 12.3 Å². The Hall–Kier alpha value is -1.85. The molecule has 0 saturated carbocycles. The molecule has 4 nitrogen and oxygen atoms in total. The summed E-state index contributed by atoms with van der Waals surface area (Å²) in [6.07, 6.45) is 0.970. The molecular formula is C23H34NO3S-. The van der Waals surface area contributed by atoms with E-state index in [0.29, 0.717) is 5.75 Å². The first kappa shape index (κ1) is 24.2. The molecule has 1 N–H and O–H groups in total. The Morgan fingerprint density at radius 1 is 1.04 bits per heavy atom. The molecule has 1 unspecified atom stereocenters. The summed E-state index contributed by atoms with van der Waals surface area (Å²) in [6, 6.07) is 13.7. The first-order chi connectivity index (χ1) is 12.9. The summed E-state index contributed by atoms with van der Waals surface area (Å²) >= 11 is -2.28. The molecule has 0 saturated heterocycles. The van der Waals surface area contributed by atoms with Gasteiger partial charge in [-0.2, -0.15) is 0 Å². The largest absolute Gasteiger partial charge is 0.768 e. The summed E-state index contributed by atoms with van der Waals surface area (Å²) in [5.74, 6) is 0.392. The predicted octanol–water partition coefficient (Wildman–Crippen LogP) is 5.68. The van der Waals surface area contributed by atoms with Crippen LogP contribution in [0.5, 0.6) is 5.75 Å². The quantitative estimate of drug-likeness (QED) is 0.651. The van der Waals surface area contributed by atoms with Crippen molar-refractivity contribution in [3.05, 3.63) is 53.6 Å². The number of rotatable bonds is 5. The molecule has 5 heteroatoms. The van der Waals surface area contributed by atoms with Gasteiger partial charge >= 0.3 is 0 Å². The normalized spacial score (nSPS) is 12.6. The molecule has 0 spiro atoms. The van der Waals surface area contributed by atoms with Crippen molar-refractivity contribution in [3.8, 4) is 5.75 Å². The van der Waals surface area contributed by atoms with Gasteiger partial charge in [-0.3, -0.25) is 4.21 Å². The molecule has 2 aromatic carbocycles. The maximum atomic E-state index is 11.3. The molecule has 156 valence electrons. The fourth-order valence-electron chi connectivity index (χ4n) is 3.38. The number of nitrogens with one attached hydrogen (secondary N) is 1. The predicted molar refractivity (Wildman–Crippen MR) is 118 cm³/mol. The van der Waals surface area contributed by atoms with Crippen molar-refractivity contribution in [2.75, 3.05) is 19.5 Å². The Morgan fingerprint density at radius 3 is 2.04 bits per heavy atom. The van der Waals surface area contributed by atoms with E-state index in [1.54, 1.807) is 12.1 Å². The SMILES string of the molecule is CNc1ccc(C)cc1.COc1ccc(C(C)(C)CC(C)(C)C)cc1S(=O)[O-]. The molecule has 2 rings (SSSR count). The Bertz CT molecular complexity index is 777. The van der Waals surface area contributed by atoms with Crippen LogP contribution in [0.3, 0.4) is 0 Å². The van der Waals surface area contributed by atoms with E-state index in [0.717, 1.165) is 12.0 Å². The van der Waals surface area contributed by atoms with Crippen LogP contribution < -0.4 is 10.1 Å². The molecule has 28 heavy (non-hydrogen) atoms. The highest BCUT2D eigenvalue weighted by molar-refractivity contribution is 7.79. The van der Waals surface area contributed by atoms with Crippen molar-refractivity contribution in [2.45, 2.75) is 58.3 Å². The summed E-state index contributed by atoms with van der Waals surface area (Å²) in [5, 5.41) is 3.05. The van der Waals surface area contributed by atoms with Gasteiger partial charge in [-0.25, -0.2) is 0 Å². The van der Waals surface area contributed by atoms with Crippen molar-refractivity contribution in [1.82, 2.24) is 0 Å². The highest BCUT2D eigenvalue weighted by atomic mass is 32.2. The average Bonchev–Trinajstić information content (AvgIpc) is 2.60. The van der Waals surface area contributed by atoms with Crippen LogP contribution in [0.15, 0.2) is 47.4 Å². The minimum absolute atomic E-state index is 0.0847. The van der Waals surface area contributed by atoms with Crippen LogP contribution in [0.2, 0.25) is 0 Å². The van der Waals surface area contributed by atoms with Crippen molar-refractivity contribution in [1.29, 1.82) is 0 Å². The van der Waals surface area contributed by atoms with Gasteiger partial charge in [0.2, 0.25) is 0 Å². The van der Waals surface area contributed by atoms with Crippen LogP contribution in [0.25, 0.3) is 0 Å². The fraction of sp³-hybridized carbons (Fsp3) is 0.478. The van der Waals surface area contributed by atoms with Gasteiger partial charge in [0, 0.05) is 12.7 Å². The van der Waals surface area contributed by atoms with E-state index in [-0.39, 0.29) is 15.7 Å². The number of ether oxygens (including phenoxy) is 1. The van der Waals surface area contributed by atoms with Crippen molar-refractivity contribution < 1.29 is 13.5 Å². The Kier molecular flexibility index (Phi) is 8.71. The zero-order valence-corrected chi connectivity index (χ0v) is 19.2. The lowest BCUT2D eigenvalue weighted by Gasteiger charge is -2.33. The number of hydrogen-bond acceptors (Lipinski definition) is 4. The molecule has 0 bridgehead atoms. The van der Waals surface area contributed by atoms with Crippen LogP contribution in [-0.2, 0) is 16.5 Å². The Balaban J connectivity index is 0.000000362. The van der Waals surface area contributed by atoms with Gasteiger partial charge in [-0.1, -0.05) is 58.4 Å². The molecule has 1 atom stereocenters. The van der Waals surface area contributed by atoms with E-state index in [1.165, 1.54) is 18.4 Å². The van der Waals surface area contributed by atoms with Crippen LogP contribution in [0.1, 0.15) is 52.2 Å². The summed E-state index contributed by atoms with van der Waals surface area (Å²) in [7, 11) is 3.40. The third-order valence-corrected chi connectivity index (χ3v) is 5.12. The average molecular weight is 405 g/mol. The maximum Gasteiger partial charge on any atom is 0.133 e. The molecule has 0 aliphatic carbocycles. The topological polar surface area (TPSA) is 61.4 Å². The molecule has 0 radical (unpaired) electrons. The van der Waals surface area contributed by atoms with Gasteiger partial charge < -0.3 is 14.6 Å². The second-order valence-corrected chi connectivity index (χ2v) is 9.75. The van der Waals surface area contributed by atoms with Gasteiger partial charge in [0.15, 0.2) is 0 Å². The van der Waals surface area contributed by atoms with Gasteiger partial charge in [0.25, 0.3) is 0 Å². The Morgan fingerprint density at radius 2 is 1.61 bits per heavy atom. The standard InChI is InChI=1S/C15H24O3S.C8H11N/c1-14(2,3)10-15(4,5)11-7-8-12(18-6)13(9-11)19(16)17;1-7-3-5-8(9-2)6-4-7/h7-9H,10H2,1-6H3,(H,16,17);3-6,9H,1-2H3/p-1. The molecule has 2 aromatic rings. The minimum Gasteiger partial charge on any atom is -0.768 e. The van der Waals surface area contributed by atoms with E-state index in [1.807, 2.05) is 13.1 Å². The smallest absolute Gasteiger partial charge is 0.133 e. The van der Waals surface area contributed by atoms with Gasteiger partial charge in [-0.15, -0.1) is 0 Å². The highest BCUT2D eigenvalue weighted by Gasteiger charge is 2.27. The zero-order valence-electron chi connectivity index (χ0n) is 18.4. The van der Waals surface area contributed by atoms with Crippen LogP contribution in [0.4, 0.5) is 5.69 Å². The van der Waals surface area contributed by atoms with E-state index in [4.69, 9.17) is 4.74 Å². The van der Waals surface area contributed by atoms with Gasteiger partial charge in [0.05, 0.1) is 12.0 Å². The minimum atomic E-state index is -2.28. The molecule has 0 aromatic heterocycles. The monoisotopic (exact) mass is 404 g/mol. The first-order valence-electron chi connectivity index (χ1n) is 9.42. The van der Waals surface area contributed by atoms with E-state index in [9.17, 15) is 8.76 Å². The second-order valence-electron chi connectivity index (χ2n) is 8.84. The summed E-state index contributed by atoms with van der Waals surface area (Å²) in [5.41, 5.74) is 3.58. The van der Waals surface area contributed by atoms with Gasteiger partial charge in [-0.05, 0) is 65.1 Å². The third-order valence-electron chi connectivity index (χ3n) is 4.44. The molecule has 0 amide bonds. The number of hydrogen-bond donors (Lipinski definition) is 1. The van der Waals surface area contributed by atoms with Crippen molar-refractivity contribution in [2.24, 2.45) is 5.41 Å². The molecule has 0 heterocycles. The lowest BCUT2D eigenvalue weighted by molar-refractivity contribution is 0.283. The summed E-state index contributed by atoms with van der Waals surface area (Å²) < 4.78 is 27.6. The number of anilines is 1. The fourth-order valence-corrected chi connectivity index (χ4v) is 3.91. The number of methoxy groups -OCH3 is 1. The highest BCUT2D eigenvalue weighted by Crippen LogP contribution is 2.38. The Labute approximate surface area is 173 Å². The lowest BCUT2D eigenvalue weighted by atomic mass is 9.72. The lowest BCUT2D eigenvalue weighted by Crippen LogP contribution is -2.25. The van der Waals surface area contributed by atoms with Crippen LogP contribution >= 0.6 is 0 Å². The first-order valence-corrected chi connectivity index (χ1v) is 10.5. The zero-order chi connectivity index (χ0) is 21.5. The summed E-state index contributed by atoms with van der Waals surface area (Å²) in [4.78, 5) is 0.224. The van der Waals surface area contributed by atoms with Crippen molar-refractivity contribution in [3.63, 3.8) is 0 Å². The van der Waals surface area contributed by atoms with Crippen molar-refractivity contribution >= 4 is 16.8 Å². The second kappa shape index (κ2) is 10.1. The number of benzene rings is 2. The van der Waals surface area contributed by atoms with E-state index < -0.39 is 11.1 Å². The molecule has 0 aliphatic heterocycles. The van der Waals surface area contributed by atoms with Crippen LogP contribution in [-0.4, -0.2) is 22.9 Å². The van der Waals surface area contributed by atoms with E-state index in [2.05, 4.69) is 71.1 Å². The maximum absolute atomic E-state index is 11.3. The molecule has 0 aliphatic rings. The third kappa shape index (κ3) is 7.64. The van der Waals surface area contributed by atoms with Gasteiger partial charge in [0.1, 0.15) is 5.75 Å². The van der Waals surface area contributed by atoms with E-state index >= 15 is 0 Å². The molecular weight excluding hydrogens is 370 g/mol. The molecule has 0 fully saturated rings. The number of aryl methyl sites for hydroxylation is 1. The summed E-state index contributed by atoms with van der Waals surface area (Å²) in [6.45, 7) is 12.9.